The molecule has 0 saturated carbocycles. The number of hydrogen-bond donors (Lipinski definition) is 1. The van der Waals surface area contributed by atoms with Crippen LogP contribution in [-0.2, 0) is 22.4 Å². The zero-order chi connectivity index (χ0) is 15.0. The second-order valence-corrected chi connectivity index (χ2v) is 5.45. The summed E-state index contributed by atoms with van der Waals surface area (Å²) in [5.41, 5.74) is 3.28. The van der Waals surface area contributed by atoms with Crippen LogP contribution in [0.5, 0.6) is 0 Å². The van der Waals surface area contributed by atoms with Crippen molar-refractivity contribution in [3.63, 3.8) is 0 Å². The van der Waals surface area contributed by atoms with Crippen LogP contribution >= 0.6 is 15.9 Å². The van der Waals surface area contributed by atoms with Crippen molar-refractivity contribution in [3.8, 4) is 0 Å². The molecule has 3 nitrogen and oxygen atoms in total. The van der Waals surface area contributed by atoms with E-state index in [2.05, 4.69) is 41.2 Å². The Balaban J connectivity index is 2.82. The molecule has 1 aromatic carbocycles. The van der Waals surface area contributed by atoms with E-state index in [0.717, 1.165) is 36.9 Å². The summed E-state index contributed by atoms with van der Waals surface area (Å²) >= 11 is 3.07. The van der Waals surface area contributed by atoms with Crippen molar-refractivity contribution in [1.29, 1.82) is 0 Å². The normalized spacial score (nSPS) is 10.3. The van der Waals surface area contributed by atoms with Gasteiger partial charge in [0.2, 0.25) is 5.91 Å². The van der Waals surface area contributed by atoms with Gasteiger partial charge in [-0.25, -0.2) is 0 Å². The monoisotopic (exact) mass is 339 g/mol. The van der Waals surface area contributed by atoms with Gasteiger partial charge < -0.3 is 5.32 Å². The van der Waals surface area contributed by atoms with Gasteiger partial charge in [0.1, 0.15) is 0 Å². The van der Waals surface area contributed by atoms with E-state index in [1.807, 2.05) is 12.1 Å². The average Bonchev–Trinajstić information content (AvgIpc) is 2.42. The number of carbonyl (C=O) groups excluding carboxylic acids is 2. The number of Topliss-reactive ketones (excluding diaryl/α,β-unsaturated/α-hetero) is 1. The summed E-state index contributed by atoms with van der Waals surface area (Å²) in [5, 5.41) is 3.07. The van der Waals surface area contributed by atoms with E-state index in [1.54, 1.807) is 0 Å². The van der Waals surface area contributed by atoms with E-state index in [-0.39, 0.29) is 23.4 Å². The standard InChI is InChI=1S/C16H22BrNO2/c1-3-5-12-7-8-15(13(9-12)6-4-2)18-16(20)10-14(19)11-17/h7-9H,3-6,10-11H2,1-2H3,(H,18,20). The van der Waals surface area contributed by atoms with Gasteiger partial charge in [0.05, 0.1) is 11.8 Å². The molecule has 0 saturated heterocycles. The van der Waals surface area contributed by atoms with E-state index < -0.39 is 0 Å². The van der Waals surface area contributed by atoms with Crippen LogP contribution in [0.25, 0.3) is 0 Å². The number of benzene rings is 1. The Morgan fingerprint density at radius 1 is 1.15 bits per heavy atom. The summed E-state index contributed by atoms with van der Waals surface area (Å²) in [6.07, 6.45) is 4.04. The van der Waals surface area contributed by atoms with Crippen molar-refractivity contribution in [2.75, 3.05) is 10.6 Å². The Morgan fingerprint density at radius 3 is 2.45 bits per heavy atom. The van der Waals surface area contributed by atoms with Crippen molar-refractivity contribution in [1.82, 2.24) is 0 Å². The number of aryl methyl sites for hydroxylation is 2. The van der Waals surface area contributed by atoms with Gasteiger partial charge in [-0.3, -0.25) is 9.59 Å². The number of ketones is 1. The quantitative estimate of drug-likeness (QED) is 0.577. The Morgan fingerprint density at radius 2 is 1.85 bits per heavy atom. The van der Waals surface area contributed by atoms with Crippen LogP contribution in [0.1, 0.15) is 44.2 Å². The first-order valence-corrected chi connectivity index (χ1v) is 8.22. The van der Waals surface area contributed by atoms with Crippen molar-refractivity contribution in [2.24, 2.45) is 0 Å². The SMILES string of the molecule is CCCc1ccc(NC(=O)CC(=O)CBr)c(CCC)c1. The molecular weight excluding hydrogens is 318 g/mol. The van der Waals surface area contributed by atoms with Crippen molar-refractivity contribution in [3.05, 3.63) is 29.3 Å². The highest BCUT2D eigenvalue weighted by Gasteiger charge is 2.11. The summed E-state index contributed by atoms with van der Waals surface area (Å²) in [5.74, 6) is -0.350. The third-order valence-electron chi connectivity index (χ3n) is 3.01. The minimum absolute atomic E-state index is 0.0759. The number of rotatable bonds is 8. The molecule has 1 N–H and O–H groups in total. The van der Waals surface area contributed by atoms with E-state index in [1.165, 1.54) is 5.56 Å². The number of amides is 1. The smallest absolute Gasteiger partial charge is 0.231 e. The highest BCUT2D eigenvalue weighted by molar-refractivity contribution is 9.09. The summed E-state index contributed by atoms with van der Waals surface area (Å²) in [6.45, 7) is 4.27. The van der Waals surface area contributed by atoms with Crippen LogP contribution in [-0.4, -0.2) is 17.0 Å². The first-order chi connectivity index (χ1) is 9.60. The van der Waals surface area contributed by atoms with Crippen molar-refractivity contribution in [2.45, 2.75) is 46.0 Å². The maximum Gasteiger partial charge on any atom is 0.231 e. The van der Waals surface area contributed by atoms with Gasteiger partial charge in [0.15, 0.2) is 5.78 Å². The van der Waals surface area contributed by atoms with Gasteiger partial charge in [-0.2, -0.15) is 0 Å². The molecule has 0 aliphatic heterocycles. The molecular formula is C16H22BrNO2. The van der Waals surface area contributed by atoms with E-state index >= 15 is 0 Å². The predicted octanol–water partition coefficient (Wildman–Crippen LogP) is 3.88. The number of carbonyl (C=O) groups is 2. The Bertz CT molecular complexity index is 472. The molecule has 0 unspecified atom stereocenters. The molecule has 0 radical (unpaired) electrons. The predicted molar refractivity (Wildman–Crippen MR) is 86.5 cm³/mol. The third-order valence-corrected chi connectivity index (χ3v) is 3.63. The molecule has 0 heterocycles. The van der Waals surface area contributed by atoms with Gasteiger partial charge in [0, 0.05) is 5.69 Å². The molecule has 20 heavy (non-hydrogen) atoms. The third kappa shape index (κ3) is 5.45. The molecule has 0 bridgehead atoms. The minimum atomic E-state index is -0.241. The second kappa shape index (κ2) is 8.90. The fourth-order valence-corrected chi connectivity index (χ4v) is 2.31. The van der Waals surface area contributed by atoms with Gasteiger partial charge in [-0.15, -0.1) is 0 Å². The fraction of sp³-hybridized carbons (Fsp3) is 0.500. The molecule has 0 aliphatic carbocycles. The molecule has 0 atom stereocenters. The lowest BCUT2D eigenvalue weighted by Crippen LogP contribution is -2.18. The number of hydrogen-bond acceptors (Lipinski definition) is 2. The fourth-order valence-electron chi connectivity index (χ4n) is 2.11. The van der Waals surface area contributed by atoms with Gasteiger partial charge in [-0.1, -0.05) is 54.8 Å². The van der Waals surface area contributed by atoms with Crippen LogP contribution in [0.3, 0.4) is 0 Å². The van der Waals surface area contributed by atoms with E-state index in [9.17, 15) is 9.59 Å². The van der Waals surface area contributed by atoms with Gasteiger partial charge >= 0.3 is 0 Å². The van der Waals surface area contributed by atoms with Crippen LogP contribution in [0.2, 0.25) is 0 Å². The lowest BCUT2D eigenvalue weighted by molar-refractivity contribution is -0.123. The molecule has 1 rings (SSSR count). The zero-order valence-corrected chi connectivity index (χ0v) is 13.8. The topological polar surface area (TPSA) is 46.2 Å². The van der Waals surface area contributed by atoms with Gasteiger partial charge in [-0.05, 0) is 30.0 Å². The van der Waals surface area contributed by atoms with E-state index in [0.29, 0.717) is 0 Å². The van der Waals surface area contributed by atoms with Crippen LogP contribution in [0, 0.1) is 0 Å². The molecule has 4 heteroatoms. The summed E-state index contributed by atoms with van der Waals surface area (Å²) in [4.78, 5) is 23.1. The highest BCUT2D eigenvalue weighted by atomic mass is 79.9. The number of nitrogens with one attached hydrogen (secondary N) is 1. The van der Waals surface area contributed by atoms with Crippen molar-refractivity contribution < 1.29 is 9.59 Å². The molecule has 0 spiro atoms. The van der Waals surface area contributed by atoms with E-state index in [4.69, 9.17) is 0 Å². The Labute approximate surface area is 129 Å². The van der Waals surface area contributed by atoms with Gasteiger partial charge in [0.25, 0.3) is 0 Å². The minimum Gasteiger partial charge on any atom is -0.325 e. The number of anilines is 1. The van der Waals surface area contributed by atoms with Crippen molar-refractivity contribution >= 4 is 33.3 Å². The second-order valence-electron chi connectivity index (χ2n) is 4.89. The average molecular weight is 340 g/mol. The largest absolute Gasteiger partial charge is 0.325 e. The molecule has 0 aliphatic rings. The van der Waals surface area contributed by atoms with Crippen LogP contribution in [0.15, 0.2) is 18.2 Å². The zero-order valence-electron chi connectivity index (χ0n) is 12.2. The highest BCUT2D eigenvalue weighted by Crippen LogP contribution is 2.20. The molecule has 1 amide bonds. The van der Waals surface area contributed by atoms with Crippen LogP contribution < -0.4 is 5.32 Å². The molecule has 0 aromatic heterocycles. The summed E-state index contributed by atoms with van der Waals surface area (Å²) in [6, 6.07) is 6.16. The Hall–Kier alpha value is -1.16. The maximum absolute atomic E-state index is 11.8. The molecule has 110 valence electrons. The lowest BCUT2D eigenvalue weighted by atomic mass is 10.0. The Kier molecular flexibility index (Phi) is 7.52. The summed E-state index contributed by atoms with van der Waals surface area (Å²) in [7, 11) is 0. The maximum atomic E-state index is 11.8. The molecule has 0 fully saturated rings. The van der Waals surface area contributed by atoms with Crippen LogP contribution in [0.4, 0.5) is 5.69 Å². The first-order valence-electron chi connectivity index (χ1n) is 7.10. The summed E-state index contributed by atoms with van der Waals surface area (Å²) < 4.78 is 0. The first kappa shape index (κ1) is 16.9. The lowest BCUT2D eigenvalue weighted by Gasteiger charge is -2.12. The number of halogens is 1. The molecule has 1 aromatic rings. The number of alkyl halides is 1.